The van der Waals surface area contributed by atoms with E-state index < -0.39 is 0 Å². The van der Waals surface area contributed by atoms with Gasteiger partial charge in [-0.25, -0.2) is 0 Å². The molecule has 3 heteroatoms. The van der Waals surface area contributed by atoms with Crippen LogP contribution in [0.3, 0.4) is 0 Å². The average Bonchev–Trinajstić information content (AvgIpc) is 2.63. The predicted molar refractivity (Wildman–Crippen MR) is 58.5 cm³/mol. The molecule has 2 rings (SSSR count). The predicted octanol–water partition coefficient (Wildman–Crippen LogP) is 2.46. The first kappa shape index (κ1) is 10.2. The molecule has 0 heterocycles. The Hall–Kier alpha value is -1.35. The minimum Gasteiger partial charge on any atom is -0.297 e. The molecule has 15 heavy (non-hydrogen) atoms. The summed E-state index contributed by atoms with van der Waals surface area (Å²) in [6.07, 6.45) is 2.17. The van der Waals surface area contributed by atoms with Gasteiger partial charge in [0.15, 0.2) is 5.78 Å². The zero-order valence-electron chi connectivity index (χ0n) is 8.82. The Morgan fingerprint density at radius 1 is 1.40 bits per heavy atom. The van der Waals surface area contributed by atoms with Gasteiger partial charge >= 0.3 is 0 Å². The first-order chi connectivity index (χ1) is 7.27. The summed E-state index contributed by atoms with van der Waals surface area (Å²) < 4.78 is 0. The third-order valence-corrected chi connectivity index (χ3v) is 2.70. The van der Waals surface area contributed by atoms with E-state index in [0.29, 0.717) is 6.42 Å². The molecule has 3 nitrogen and oxygen atoms in total. The lowest BCUT2D eigenvalue weighted by molar-refractivity contribution is -0.125. The van der Waals surface area contributed by atoms with Gasteiger partial charge in [0.05, 0.1) is 5.69 Å². The maximum Gasteiger partial charge on any atom is 0.164 e. The monoisotopic (exact) mass is 205 g/mol. The van der Waals surface area contributed by atoms with Crippen LogP contribution in [0.25, 0.3) is 0 Å². The second-order valence-electron chi connectivity index (χ2n) is 3.88. The van der Waals surface area contributed by atoms with E-state index in [2.05, 4.69) is 5.48 Å². The summed E-state index contributed by atoms with van der Waals surface area (Å²) in [6, 6.07) is 7.85. The van der Waals surface area contributed by atoms with Crippen molar-refractivity contribution in [2.24, 2.45) is 0 Å². The molecular formula is C12H15NO2. The summed E-state index contributed by atoms with van der Waals surface area (Å²) in [5.41, 5.74) is 4.91. The van der Waals surface area contributed by atoms with E-state index in [1.807, 2.05) is 31.2 Å². The van der Waals surface area contributed by atoms with E-state index in [9.17, 15) is 4.79 Å². The van der Waals surface area contributed by atoms with Gasteiger partial charge < -0.3 is 0 Å². The number of benzene rings is 1. The van der Waals surface area contributed by atoms with Crippen molar-refractivity contribution in [3.8, 4) is 0 Å². The Kier molecular flexibility index (Phi) is 3.02. The topological polar surface area (TPSA) is 38.3 Å². The lowest BCUT2D eigenvalue weighted by Crippen LogP contribution is -2.21. The van der Waals surface area contributed by atoms with Crippen molar-refractivity contribution in [2.45, 2.75) is 32.3 Å². The number of ketones is 1. The molecular weight excluding hydrogens is 190 g/mol. The van der Waals surface area contributed by atoms with E-state index in [0.717, 1.165) is 24.1 Å². The molecule has 0 spiro atoms. The normalized spacial score (nSPS) is 20.6. The number of anilines is 1. The van der Waals surface area contributed by atoms with Gasteiger partial charge in [0, 0.05) is 6.42 Å². The van der Waals surface area contributed by atoms with Crippen molar-refractivity contribution >= 4 is 11.5 Å². The average molecular weight is 205 g/mol. The summed E-state index contributed by atoms with van der Waals surface area (Å²) in [5.74, 6) is 0.205. The van der Waals surface area contributed by atoms with Gasteiger partial charge in [-0.1, -0.05) is 18.2 Å². The molecule has 0 aliphatic heterocycles. The van der Waals surface area contributed by atoms with Crippen LogP contribution in [0.15, 0.2) is 24.3 Å². The molecule has 1 aromatic carbocycles. The third kappa shape index (κ3) is 2.36. The molecule has 0 amide bonds. The standard InChI is InChI=1S/C12H15NO2/c1-9-5-2-3-6-10(9)13-15-12-8-4-7-11(12)14/h2-3,5-6,12-13H,4,7-8H2,1H3. The maximum atomic E-state index is 11.3. The van der Waals surface area contributed by atoms with Crippen LogP contribution in [0.2, 0.25) is 0 Å². The first-order valence-corrected chi connectivity index (χ1v) is 5.27. The van der Waals surface area contributed by atoms with E-state index in [4.69, 9.17) is 4.84 Å². The molecule has 0 aromatic heterocycles. The molecule has 1 unspecified atom stereocenters. The second-order valence-corrected chi connectivity index (χ2v) is 3.88. The molecule has 0 bridgehead atoms. The van der Waals surface area contributed by atoms with E-state index in [1.165, 1.54) is 0 Å². The molecule has 1 atom stereocenters. The van der Waals surface area contributed by atoms with Crippen LogP contribution in [0, 0.1) is 6.92 Å². The fraction of sp³-hybridized carbons (Fsp3) is 0.417. The third-order valence-electron chi connectivity index (χ3n) is 2.70. The number of carbonyl (C=O) groups is 1. The number of aryl methyl sites for hydroxylation is 1. The maximum absolute atomic E-state index is 11.3. The Balaban J connectivity index is 1.93. The summed E-state index contributed by atoms with van der Waals surface area (Å²) >= 11 is 0. The minimum atomic E-state index is -0.260. The van der Waals surface area contributed by atoms with Gasteiger partial charge in [-0.15, -0.1) is 0 Å². The summed E-state index contributed by atoms with van der Waals surface area (Å²) in [6.45, 7) is 2.00. The number of rotatable bonds is 3. The molecule has 80 valence electrons. The van der Waals surface area contributed by atoms with Crippen LogP contribution in [0.5, 0.6) is 0 Å². The Labute approximate surface area is 89.4 Å². The summed E-state index contributed by atoms with van der Waals surface area (Å²) in [5, 5.41) is 0. The number of para-hydroxylation sites is 1. The van der Waals surface area contributed by atoms with E-state index in [-0.39, 0.29) is 11.9 Å². The highest BCUT2D eigenvalue weighted by molar-refractivity contribution is 5.85. The van der Waals surface area contributed by atoms with E-state index in [1.54, 1.807) is 0 Å². The number of hydrogen-bond acceptors (Lipinski definition) is 3. The largest absolute Gasteiger partial charge is 0.297 e. The Morgan fingerprint density at radius 3 is 2.87 bits per heavy atom. The number of nitrogens with one attached hydrogen (secondary N) is 1. The summed E-state index contributed by atoms with van der Waals surface area (Å²) in [4.78, 5) is 16.7. The zero-order chi connectivity index (χ0) is 10.7. The number of Topliss-reactive ketones (excluding diaryl/α,β-unsaturated/α-hetero) is 1. The van der Waals surface area contributed by atoms with Crippen molar-refractivity contribution in [2.75, 3.05) is 5.48 Å². The van der Waals surface area contributed by atoms with Crippen molar-refractivity contribution < 1.29 is 9.63 Å². The number of hydrogen-bond donors (Lipinski definition) is 1. The van der Waals surface area contributed by atoms with Gasteiger partial charge in [-0.2, -0.15) is 0 Å². The second kappa shape index (κ2) is 4.45. The van der Waals surface area contributed by atoms with Gasteiger partial charge in [0.2, 0.25) is 0 Å². The van der Waals surface area contributed by atoms with E-state index >= 15 is 0 Å². The SMILES string of the molecule is Cc1ccccc1NOC1CCCC1=O. The van der Waals surface area contributed by atoms with Crippen molar-refractivity contribution in [3.05, 3.63) is 29.8 Å². The van der Waals surface area contributed by atoms with Crippen LogP contribution >= 0.6 is 0 Å². The van der Waals surface area contributed by atoms with Crippen LogP contribution in [0.1, 0.15) is 24.8 Å². The fourth-order valence-corrected chi connectivity index (χ4v) is 1.73. The molecule has 1 saturated carbocycles. The molecule has 0 radical (unpaired) electrons. The smallest absolute Gasteiger partial charge is 0.164 e. The van der Waals surface area contributed by atoms with Crippen LogP contribution < -0.4 is 5.48 Å². The van der Waals surface area contributed by atoms with Crippen LogP contribution in [0.4, 0.5) is 5.69 Å². The molecule has 0 saturated heterocycles. The lowest BCUT2D eigenvalue weighted by Gasteiger charge is -2.13. The molecule has 1 fully saturated rings. The lowest BCUT2D eigenvalue weighted by atomic mass is 10.2. The molecule has 1 N–H and O–H groups in total. The fourth-order valence-electron chi connectivity index (χ4n) is 1.73. The Bertz CT molecular complexity index is 362. The molecule has 1 aliphatic rings. The molecule has 1 aromatic rings. The number of carbonyl (C=O) groups excluding carboxylic acids is 1. The highest BCUT2D eigenvalue weighted by Gasteiger charge is 2.25. The zero-order valence-corrected chi connectivity index (χ0v) is 8.82. The van der Waals surface area contributed by atoms with Crippen LogP contribution in [-0.4, -0.2) is 11.9 Å². The minimum absolute atomic E-state index is 0.205. The van der Waals surface area contributed by atoms with Gasteiger partial charge in [-0.3, -0.25) is 15.1 Å². The first-order valence-electron chi connectivity index (χ1n) is 5.27. The van der Waals surface area contributed by atoms with Crippen molar-refractivity contribution in [1.29, 1.82) is 0 Å². The quantitative estimate of drug-likeness (QED) is 0.770. The Morgan fingerprint density at radius 2 is 2.20 bits per heavy atom. The van der Waals surface area contributed by atoms with Gasteiger partial charge in [-0.05, 0) is 31.4 Å². The highest BCUT2D eigenvalue weighted by atomic mass is 16.7. The van der Waals surface area contributed by atoms with Gasteiger partial charge in [0.1, 0.15) is 6.10 Å². The van der Waals surface area contributed by atoms with Gasteiger partial charge in [0.25, 0.3) is 0 Å². The summed E-state index contributed by atoms with van der Waals surface area (Å²) in [7, 11) is 0. The molecule has 1 aliphatic carbocycles. The van der Waals surface area contributed by atoms with Crippen LogP contribution in [-0.2, 0) is 9.63 Å². The highest BCUT2D eigenvalue weighted by Crippen LogP contribution is 2.19. The van der Waals surface area contributed by atoms with Crippen molar-refractivity contribution in [1.82, 2.24) is 0 Å². The van der Waals surface area contributed by atoms with Crippen molar-refractivity contribution in [3.63, 3.8) is 0 Å².